The summed E-state index contributed by atoms with van der Waals surface area (Å²) in [5, 5.41) is 4.34. The maximum absolute atomic E-state index is 5.46. The van der Waals surface area contributed by atoms with Gasteiger partial charge >= 0.3 is 0 Å². The Balaban J connectivity index is 1.88. The Morgan fingerprint density at radius 2 is 2.42 bits per heavy atom. The van der Waals surface area contributed by atoms with Crippen molar-refractivity contribution in [3.8, 4) is 12.3 Å². The molecule has 1 aromatic heterocycles. The van der Waals surface area contributed by atoms with E-state index in [1.165, 1.54) is 24.8 Å². The van der Waals surface area contributed by atoms with Crippen molar-refractivity contribution in [2.45, 2.75) is 25.7 Å². The Labute approximate surface area is 77.6 Å². The fourth-order valence-corrected chi connectivity index (χ4v) is 2.14. The molecule has 1 heteroatoms. The van der Waals surface area contributed by atoms with Crippen LogP contribution in [0.2, 0.25) is 0 Å². The smallest absolute Gasteiger partial charge is 0.0316 e. The lowest BCUT2D eigenvalue weighted by atomic mass is 9.99. The minimum absolute atomic E-state index is 0.294. The van der Waals surface area contributed by atoms with Gasteiger partial charge in [0.05, 0.1) is 0 Å². The summed E-state index contributed by atoms with van der Waals surface area (Å²) in [7, 11) is 0. The van der Waals surface area contributed by atoms with Crippen LogP contribution < -0.4 is 0 Å². The summed E-state index contributed by atoms with van der Waals surface area (Å²) in [6.07, 6.45) is 10.3. The molecule has 1 aliphatic carbocycles. The van der Waals surface area contributed by atoms with Crippen molar-refractivity contribution in [2.24, 2.45) is 5.41 Å². The molecule has 0 aliphatic heterocycles. The van der Waals surface area contributed by atoms with E-state index in [0.717, 1.165) is 6.42 Å². The molecule has 1 aliphatic rings. The summed E-state index contributed by atoms with van der Waals surface area (Å²) in [6.45, 7) is 0. The van der Waals surface area contributed by atoms with Crippen molar-refractivity contribution < 1.29 is 0 Å². The van der Waals surface area contributed by atoms with Crippen LogP contribution in [0.3, 0.4) is 0 Å². The number of hydrogen-bond donors (Lipinski definition) is 0. The number of thiophene rings is 1. The van der Waals surface area contributed by atoms with Gasteiger partial charge in [0.25, 0.3) is 0 Å². The second-order valence-electron chi connectivity index (χ2n) is 3.56. The first-order valence-corrected chi connectivity index (χ1v) is 5.28. The average molecular weight is 176 g/mol. The fraction of sp³-hybridized carbons (Fsp3) is 0.455. The lowest BCUT2D eigenvalue weighted by Gasteiger charge is -2.04. The molecular formula is C11H12S. The third-order valence-corrected chi connectivity index (χ3v) is 3.36. The Kier molecular flexibility index (Phi) is 1.94. The maximum atomic E-state index is 5.46. The van der Waals surface area contributed by atoms with Gasteiger partial charge in [-0.15, -0.1) is 6.42 Å². The number of terminal acetylenes is 1. The van der Waals surface area contributed by atoms with Gasteiger partial charge in [-0.3, -0.25) is 0 Å². The molecule has 0 radical (unpaired) electrons. The van der Waals surface area contributed by atoms with Crippen LogP contribution in [0.5, 0.6) is 0 Å². The zero-order valence-corrected chi connectivity index (χ0v) is 7.86. The highest BCUT2D eigenvalue weighted by molar-refractivity contribution is 7.07. The van der Waals surface area contributed by atoms with Gasteiger partial charge in [-0.25, -0.2) is 0 Å². The highest BCUT2D eigenvalue weighted by atomic mass is 32.1. The van der Waals surface area contributed by atoms with E-state index in [1.54, 1.807) is 11.3 Å². The van der Waals surface area contributed by atoms with Crippen LogP contribution in [-0.2, 0) is 6.42 Å². The summed E-state index contributed by atoms with van der Waals surface area (Å²) in [5.74, 6) is 2.92. The van der Waals surface area contributed by atoms with Gasteiger partial charge < -0.3 is 0 Å². The third-order valence-electron chi connectivity index (χ3n) is 2.63. The molecule has 62 valence electrons. The van der Waals surface area contributed by atoms with Crippen LogP contribution in [0.1, 0.15) is 24.8 Å². The lowest BCUT2D eigenvalue weighted by Crippen LogP contribution is -1.97. The predicted octanol–water partition coefficient (Wildman–Crippen LogP) is 3.09. The molecule has 0 aromatic carbocycles. The molecule has 0 saturated heterocycles. The van der Waals surface area contributed by atoms with E-state index in [0.29, 0.717) is 5.41 Å². The first-order valence-electron chi connectivity index (χ1n) is 4.33. The third kappa shape index (κ3) is 1.54. The topological polar surface area (TPSA) is 0 Å². The molecule has 2 rings (SSSR count). The van der Waals surface area contributed by atoms with Crippen LogP contribution >= 0.6 is 11.3 Å². The van der Waals surface area contributed by atoms with Gasteiger partial charge in [-0.1, -0.05) is 5.92 Å². The van der Waals surface area contributed by atoms with Gasteiger partial charge in [-0.05, 0) is 48.1 Å². The van der Waals surface area contributed by atoms with Crippen molar-refractivity contribution in [1.29, 1.82) is 0 Å². The van der Waals surface area contributed by atoms with Crippen LogP contribution in [-0.4, -0.2) is 0 Å². The molecule has 12 heavy (non-hydrogen) atoms. The van der Waals surface area contributed by atoms with Crippen LogP contribution in [0.4, 0.5) is 0 Å². The van der Waals surface area contributed by atoms with Crippen LogP contribution in [0.25, 0.3) is 0 Å². The van der Waals surface area contributed by atoms with Crippen LogP contribution in [0.15, 0.2) is 16.8 Å². The minimum atomic E-state index is 0.294. The lowest BCUT2D eigenvalue weighted by molar-refractivity contribution is 0.606. The van der Waals surface area contributed by atoms with Gasteiger partial charge in [0.15, 0.2) is 0 Å². The van der Waals surface area contributed by atoms with Crippen molar-refractivity contribution in [1.82, 2.24) is 0 Å². The van der Waals surface area contributed by atoms with E-state index in [2.05, 4.69) is 22.7 Å². The van der Waals surface area contributed by atoms with E-state index in [1.807, 2.05) is 0 Å². The molecule has 0 spiro atoms. The largest absolute Gasteiger partial charge is 0.152 e. The highest BCUT2D eigenvalue weighted by Crippen LogP contribution is 2.48. The van der Waals surface area contributed by atoms with Gasteiger partial charge in [0.2, 0.25) is 0 Å². The van der Waals surface area contributed by atoms with Gasteiger partial charge in [0, 0.05) is 5.41 Å². The minimum Gasteiger partial charge on any atom is -0.152 e. The first-order chi connectivity index (χ1) is 5.85. The maximum Gasteiger partial charge on any atom is 0.0316 e. The average Bonchev–Trinajstić information content (AvgIpc) is 2.70. The molecule has 1 saturated carbocycles. The Morgan fingerprint density at radius 1 is 1.58 bits per heavy atom. The second-order valence-corrected chi connectivity index (χ2v) is 4.34. The zero-order chi connectivity index (χ0) is 8.44. The summed E-state index contributed by atoms with van der Waals surface area (Å²) >= 11 is 1.77. The molecule has 1 fully saturated rings. The normalized spacial score (nSPS) is 18.6. The van der Waals surface area contributed by atoms with E-state index in [9.17, 15) is 0 Å². The summed E-state index contributed by atoms with van der Waals surface area (Å²) < 4.78 is 0. The SMILES string of the molecule is C#CC1(CCc2ccsc2)CC1. The molecule has 0 unspecified atom stereocenters. The number of hydrogen-bond acceptors (Lipinski definition) is 1. The van der Waals surface area contributed by atoms with Gasteiger partial charge in [-0.2, -0.15) is 11.3 Å². The molecule has 0 atom stereocenters. The molecule has 0 nitrogen and oxygen atoms in total. The van der Waals surface area contributed by atoms with E-state index >= 15 is 0 Å². The second kappa shape index (κ2) is 2.95. The monoisotopic (exact) mass is 176 g/mol. The quantitative estimate of drug-likeness (QED) is 0.621. The molecular weight excluding hydrogens is 164 g/mol. The highest BCUT2D eigenvalue weighted by Gasteiger charge is 2.39. The molecule has 0 amide bonds. The standard InChI is InChI=1S/C11H12S/c1-2-11(6-7-11)5-3-10-4-8-12-9-10/h1,4,8-9H,3,5-7H2. The Morgan fingerprint density at radius 3 is 2.92 bits per heavy atom. The first kappa shape index (κ1) is 7.89. The summed E-state index contributed by atoms with van der Waals surface area (Å²) in [5.41, 5.74) is 1.74. The van der Waals surface area contributed by atoms with Crippen molar-refractivity contribution in [3.63, 3.8) is 0 Å². The molecule has 1 aromatic rings. The van der Waals surface area contributed by atoms with Gasteiger partial charge in [0.1, 0.15) is 0 Å². The molecule has 0 N–H and O–H groups in total. The summed E-state index contributed by atoms with van der Waals surface area (Å²) in [6, 6.07) is 2.19. The van der Waals surface area contributed by atoms with Crippen molar-refractivity contribution in [2.75, 3.05) is 0 Å². The van der Waals surface area contributed by atoms with Crippen molar-refractivity contribution in [3.05, 3.63) is 22.4 Å². The molecule has 0 bridgehead atoms. The predicted molar refractivity (Wildman–Crippen MR) is 53.1 cm³/mol. The van der Waals surface area contributed by atoms with E-state index in [-0.39, 0.29) is 0 Å². The fourth-order valence-electron chi connectivity index (χ4n) is 1.44. The molecule has 1 heterocycles. The Bertz CT molecular complexity index is 285. The Hall–Kier alpha value is -0.740. The number of aryl methyl sites for hydroxylation is 1. The van der Waals surface area contributed by atoms with Crippen LogP contribution in [0, 0.1) is 17.8 Å². The zero-order valence-electron chi connectivity index (χ0n) is 7.05. The van der Waals surface area contributed by atoms with Crippen molar-refractivity contribution >= 4 is 11.3 Å². The van der Waals surface area contributed by atoms with E-state index < -0.39 is 0 Å². The summed E-state index contributed by atoms with van der Waals surface area (Å²) in [4.78, 5) is 0. The number of rotatable bonds is 3. The van der Waals surface area contributed by atoms with E-state index in [4.69, 9.17) is 6.42 Å².